The zero-order valence-electron chi connectivity index (χ0n) is 13.1. The van der Waals surface area contributed by atoms with E-state index >= 15 is 0 Å². The topological polar surface area (TPSA) is 54.5 Å². The largest absolute Gasteiger partial charge is 0.444 e. The summed E-state index contributed by atoms with van der Waals surface area (Å²) in [5, 5.41) is 3.50. The van der Waals surface area contributed by atoms with Crippen LogP contribution >= 0.6 is 0 Å². The molecule has 1 saturated heterocycles. The highest BCUT2D eigenvalue weighted by molar-refractivity contribution is 5.68. The summed E-state index contributed by atoms with van der Waals surface area (Å²) in [6.45, 7) is 7.95. The lowest BCUT2D eigenvalue weighted by Crippen LogP contribution is -2.49. The van der Waals surface area contributed by atoms with E-state index in [1.807, 2.05) is 33.0 Å². The summed E-state index contributed by atoms with van der Waals surface area (Å²) < 4.78 is 5.44. The molecule has 1 aliphatic rings. The Morgan fingerprint density at radius 1 is 1.52 bits per heavy atom. The number of likely N-dealkylation sites (tertiary alicyclic amines) is 1. The summed E-state index contributed by atoms with van der Waals surface area (Å²) in [7, 11) is 0. The monoisotopic (exact) mass is 291 g/mol. The zero-order chi connectivity index (χ0) is 15.3. The molecule has 2 rings (SSSR count). The Morgan fingerprint density at radius 2 is 2.33 bits per heavy atom. The van der Waals surface area contributed by atoms with E-state index in [4.69, 9.17) is 4.74 Å². The van der Waals surface area contributed by atoms with E-state index < -0.39 is 5.60 Å². The number of ether oxygens (including phenoxy) is 1. The third-order valence-electron chi connectivity index (χ3n) is 3.39. The van der Waals surface area contributed by atoms with Gasteiger partial charge < -0.3 is 15.0 Å². The Morgan fingerprint density at radius 3 is 3.00 bits per heavy atom. The van der Waals surface area contributed by atoms with E-state index in [1.54, 1.807) is 11.1 Å². The molecule has 0 aliphatic carbocycles. The van der Waals surface area contributed by atoms with Crippen LogP contribution in [-0.4, -0.2) is 40.7 Å². The third kappa shape index (κ3) is 5.34. The van der Waals surface area contributed by atoms with Crippen molar-refractivity contribution < 1.29 is 9.53 Å². The van der Waals surface area contributed by atoms with Gasteiger partial charge >= 0.3 is 6.09 Å². The molecule has 1 atom stereocenters. The van der Waals surface area contributed by atoms with E-state index in [9.17, 15) is 4.79 Å². The molecule has 116 valence electrons. The number of rotatable bonds is 3. The number of hydrogen-bond acceptors (Lipinski definition) is 4. The average Bonchev–Trinajstić information content (AvgIpc) is 2.45. The maximum absolute atomic E-state index is 12.1. The second-order valence-corrected chi connectivity index (χ2v) is 6.51. The van der Waals surface area contributed by atoms with Gasteiger partial charge in [0.25, 0.3) is 0 Å². The molecule has 1 aromatic rings. The molecule has 0 bridgehead atoms. The predicted octanol–water partition coefficient (Wildman–Crippen LogP) is 2.57. The van der Waals surface area contributed by atoms with E-state index in [0.717, 1.165) is 31.5 Å². The number of amides is 1. The molecule has 1 aliphatic heterocycles. The molecule has 0 aromatic carbocycles. The van der Waals surface area contributed by atoms with E-state index in [1.165, 1.54) is 0 Å². The number of nitrogens with zero attached hydrogens (tertiary/aromatic N) is 2. The van der Waals surface area contributed by atoms with Gasteiger partial charge in [-0.3, -0.25) is 4.98 Å². The number of carbonyl (C=O) groups excluding carboxylic acids is 1. The van der Waals surface area contributed by atoms with Crippen LogP contribution in [0.15, 0.2) is 24.5 Å². The molecule has 0 radical (unpaired) electrons. The van der Waals surface area contributed by atoms with Gasteiger partial charge in [-0.15, -0.1) is 0 Å². The smallest absolute Gasteiger partial charge is 0.410 e. The van der Waals surface area contributed by atoms with Crippen LogP contribution in [0.2, 0.25) is 0 Å². The van der Waals surface area contributed by atoms with Crippen LogP contribution in [0.1, 0.15) is 39.2 Å². The van der Waals surface area contributed by atoms with Gasteiger partial charge in [0.15, 0.2) is 0 Å². The normalized spacial score (nSPS) is 19.4. The SMILES string of the molecule is CC(C)(C)OC(=O)N1CCC[C@@H](NCc2cccnc2)C1. The summed E-state index contributed by atoms with van der Waals surface area (Å²) in [6, 6.07) is 4.30. The second kappa shape index (κ2) is 6.89. The minimum absolute atomic E-state index is 0.213. The molecule has 1 amide bonds. The highest BCUT2D eigenvalue weighted by Crippen LogP contribution is 2.15. The first-order valence-corrected chi connectivity index (χ1v) is 7.54. The van der Waals surface area contributed by atoms with Crippen LogP contribution < -0.4 is 5.32 Å². The number of carbonyl (C=O) groups is 1. The van der Waals surface area contributed by atoms with Gasteiger partial charge in [0.1, 0.15) is 5.60 Å². The van der Waals surface area contributed by atoms with Crippen molar-refractivity contribution in [2.75, 3.05) is 13.1 Å². The average molecular weight is 291 g/mol. The zero-order valence-corrected chi connectivity index (χ0v) is 13.1. The Labute approximate surface area is 126 Å². The molecular weight excluding hydrogens is 266 g/mol. The fourth-order valence-corrected chi connectivity index (χ4v) is 2.40. The van der Waals surface area contributed by atoms with Crippen molar-refractivity contribution >= 4 is 6.09 Å². The van der Waals surface area contributed by atoms with Crippen molar-refractivity contribution in [3.05, 3.63) is 30.1 Å². The molecule has 21 heavy (non-hydrogen) atoms. The Bertz CT molecular complexity index is 456. The maximum atomic E-state index is 12.1. The molecular formula is C16H25N3O2. The van der Waals surface area contributed by atoms with Crippen molar-refractivity contribution in [2.24, 2.45) is 0 Å². The molecule has 0 unspecified atom stereocenters. The summed E-state index contributed by atoms with van der Waals surface area (Å²) in [5.41, 5.74) is 0.722. The van der Waals surface area contributed by atoms with Crippen molar-refractivity contribution in [1.29, 1.82) is 0 Å². The lowest BCUT2D eigenvalue weighted by atomic mass is 10.1. The van der Waals surface area contributed by atoms with Crippen molar-refractivity contribution in [2.45, 2.75) is 51.8 Å². The minimum Gasteiger partial charge on any atom is -0.444 e. The first kappa shape index (κ1) is 15.8. The maximum Gasteiger partial charge on any atom is 0.410 e. The van der Waals surface area contributed by atoms with Gasteiger partial charge in [-0.25, -0.2) is 4.79 Å². The van der Waals surface area contributed by atoms with Gasteiger partial charge in [-0.1, -0.05) is 6.07 Å². The van der Waals surface area contributed by atoms with Gasteiger partial charge in [0, 0.05) is 38.1 Å². The van der Waals surface area contributed by atoms with E-state index in [2.05, 4.69) is 16.4 Å². The van der Waals surface area contributed by atoms with Gasteiger partial charge in [0.2, 0.25) is 0 Å². The third-order valence-corrected chi connectivity index (χ3v) is 3.39. The first-order valence-electron chi connectivity index (χ1n) is 7.54. The first-order chi connectivity index (χ1) is 9.94. The molecule has 1 fully saturated rings. The molecule has 2 heterocycles. The Hall–Kier alpha value is -1.62. The summed E-state index contributed by atoms with van der Waals surface area (Å²) >= 11 is 0. The standard InChI is InChI=1S/C16H25N3O2/c1-16(2,3)21-15(20)19-9-5-7-14(12-19)18-11-13-6-4-8-17-10-13/h4,6,8,10,14,18H,5,7,9,11-12H2,1-3H3/t14-/m1/s1. The minimum atomic E-state index is -0.437. The van der Waals surface area contributed by atoms with Crippen LogP contribution in [-0.2, 0) is 11.3 Å². The molecule has 5 nitrogen and oxygen atoms in total. The highest BCUT2D eigenvalue weighted by atomic mass is 16.6. The number of piperidine rings is 1. The molecule has 1 aromatic heterocycles. The Balaban J connectivity index is 1.82. The van der Waals surface area contributed by atoms with Crippen molar-refractivity contribution in [1.82, 2.24) is 15.2 Å². The lowest BCUT2D eigenvalue weighted by molar-refractivity contribution is 0.0187. The highest BCUT2D eigenvalue weighted by Gasteiger charge is 2.27. The van der Waals surface area contributed by atoms with Crippen molar-refractivity contribution in [3.63, 3.8) is 0 Å². The van der Waals surface area contributed by atoms with Crippen molar-refractivity contribution in [3.8, 4) is 0 Å². The van der Waals surface area contributed by atoms with Crippen LogP contribution in [0, 0.1) is 0 Å². The summed E-state index contributed by atoms with van der Waals surface area (Å²) in [6.07, 6.45) is 5.51. The second-order valence-electron chi connectivity index (χ2n) is 6.51. The number of hydrogen-bond donors (Lipinski definition) is 1. The van der Waals surface area contributed by atoms with Crippen LogP contribution in [0.25, 0.3) is 0 Å². The Kier molecular flexibility index (Phi) is 5.17. The molecule has 1 N–H and O–H groups in total. The van der Waals surface area contributed by atoms with Crippen LogP contribution in [0.3, 0.4) is 0 Å². The lowest BCUT2D eigenvalue weighted by Gasteiger charge is -2.34. The fourth-order valence-electron chi connectivity index (χ4n) is 2.40. The van der Waals surface area contributed by atoms with Gasteiger partial charge in [-0.05, 0) is 45.2 Å². The van der Waals surface area contributed by atoms with Gasteiger partial charge in [-0.2, -0.15) is 0 Å². The number of nitrogens with one attached hydrogen (secondary N) is 1. The fraction of sp³-hybridized carbons (Fsp3) is 0.625. The predicted molar refractivity (Wildman–Crippen MR) is 81.9 cm³/mol. The van der Waals surface area contributed by atoms with Crippen LogP contribution in [0.5, 0.6) is 0 Å². The van der Waals surface area contributed by atoms with Crippen LogP contribution in [0.4, 0.5) is 4.79 Å². The molecule has 5 heteroatoms. The number of pyridine rings is 1. The van der Waals surface area contributed by atoms with E-state index in [0.29, 0.717) is 12.6 Å². The number of aromatic nitrogens is 1. The quantitative estimate of drug-likeness (QED) is 0.930. The van der Waals surface area contributed by atoms with Gasteiger partial charge in [0.05, 0.1) is 0 Å². The molecule has 0 saturated carbocycles. The summed E-state index contributed by atoms with van der Waals surface area (Å²) in [4.78, 5) is 18.0. The van der Waals surface area contributed by atoms with E-state index in [-0.39, 0.29) is 6.09 Å². The summed E-state index contributed by atoms with van der Waals surface area (Å²) in [5.74, 6) is 0. The molecule has 0 spiro atoms.